The van der Waals surface area contributed by atoms with Crippen LogP contribution in [-0.4, -0.2) is 40.9 Å². The van der Waals surface area contributed by atoms with E-state index >= 15 is 0 Å². The van der Waals surface area contributed by atoms with E-state index in [0.717, 1.165) is 12.1 Å². The molecule has 0 radical (unpaired) electrons. The minimum absolute atomic E-state index is 0.159. The molecule has 10 heteroatoms. The molecule has 1 atom stereocenters. The molecule has 1 saturated heterocycles. The second kappa shape index (κ2) is 9.28. The number of hydrogen-bond acceptors (Lipinski definition) is 5. The van der Waals surface area contributed by atoms with Crippen LogP contribution in [0.1, 0.15) is 36.2 Å². The molecule has 1 aromatic carbocycles. The Morgan fingerprint density at radius 1 is 1.12 bits per heavy atom. The van der Waals surface area contributed by atoms with Crippen LogP contribution in [0.4, 0.5) is 24.8 Å². The summed E-state index contributed by atoms with van der Waals surface area (Å²) in [6.45, 7) is 4.61. The molecule has 0 aliphatic carbocycles. The van der Waals surface area contributed by atoms with Gasteiger partial charge in [-0.05, 0) is 42.8 Å². The molecule has 178 valence electrons. The number of carbonyl (C=O) groups is 2. The Morgan fingerprint density at radius 2 is 1.88 bits per heavy atom. The van der Waals surface area contributed by atoms with Crippen LogP contribution in [0.5, 0.6) is 0 Å². The van der Waals surface area contributed by atoms with E-state index in [1.807, 2.05) is 4.90 Å². The highest BCUT2D eigenvalue weighted by molar-refractivity contribution is 5.97. The standard InChI is InChI=1S/C24H24F3N5O2/c1-14(2)22(33)31-20-11-16(7-9-28-20)23(34)29-18-8-10-32(13-18)21-6-4-15-3-5-17(24(25,26)27)12-19(15)30-21/h3-7,9,11-12,14,18H,8,10,13H2,1-2H3,(H,29,34)(H,28,31,33)/t18-/m1/s1. The maximum absolute atomic E-state index is 13.0. The molecule has 1 aliphatic heterocycles. The van der Waals surface area contributed by atoms with E-state index in [-0.39, 0.29) is 29.3 Å². The Labute approximate surface area is 194 Å². The fourth-order valence-corrected chi connectivity index (χ4v) is 3.72. The molecule has 7 nitrogen and oxygen atoms in total. The highest BCUT2D eigenvalue weighted by Crippen LogP contribution is 2.32. The van der Waals surface area contributed by atoms with Gasteiger partial charge in [-0.3, -0.25) is 9.59 Å². The zero-order chi connectivity index (χ0) is 24.5. The van der Waals surface area contributed by atoms with Crippen LogP contribution in [0.15, 0.2) is 48.7 Å². The third kappa shape index (κ3) is 5.27. The molecule has 2 amide bonds. The van der Waals surface area contributed by atoms with Gasteiger partial charge in [0.1, 0.15) is 11.6 Å². The van der Waals surface area contributed by atoms with Crippen LogP contribution in [0.25, 0.3) is 10.9 Å². The minimum Gasteiger partial charge on any atom is -0.354 e. The van der Waals surface area contributed by atoms with Gasteiger partial charge in [-0.15, -0.1) is 0 Å². The quantitative estimate of drug-likeness (QED) is 0.581. The van der Waals surface area contributed by atoms with Gasteiger partial charge < -0.3 is 15.5 Å². The van der Waals surface area contributed by atoms with Crippen LogP contribution in [0, 0.1) is 5.92 Å². The molecule has 3 aromatic rings. The number of aromatic nitrogens is 2. The smallest absolute Gasteiger partial charge is 0.354 e. The number of rotatable bonds is 5. The molecular weight excluding hydrogens is 447 g/mol. The van der Waals surface area contributed by atoms with Crippen LogP contribution in [0.3, 0.4) is 0 Å². The summed E-state index contributed by atoms with van der Waals surface area (Å²) in [4.78, 5) is 35.0. The number of fused-ring (bicyclic) bond motifs is 1. The summed E-state index contributed by atoms with van der Waals surface area (Å²) in [6, 6.07) is 9.95. The van der Waals surface area contributed by atoms with Gasteiger partial charge in [-0.1, -0.05) is 19.9 Å². The summed E-state index contributed by atoms with van der Waals surface area (Å²) >= 11 is 0. The lowest BCUT2D eigenvalue weighted by Crippen LogP contribution is -2.37. The summed E-state index contributed by atoms with van der Waals surface area (Å²) in [5.41, 5.74) is -0.0962. The van der Waals surface area contributed by atoms with Crippen LogP contribution in [0.2, 0.25) is 0 Å². The highest BCUT2D eigenvalue weighted by Gasteiger charge is 2.31. The lowest BCUT2D eigenvalue weighted by Gasteiger charge is -2.19. The zero-order valence-corrected chi connectivity index (χ0v) is 18.7. The predicted molar refractivity (Wildman–Crippen MR) is 123 cm³/mol. The number of carbonyl (C=O) groups excluding carboxylic acids is 2. The van der Waals surface area contributed by atoms with E-state index in [1.54, 1.807) is 32.0 Å². The van der Waals surface area contributed by atoms with Crippen molar-refractivity contribution in [3.63, 3.8) is 0 Å². The van der Waals surface area contributed by atoms with Crippen molar-refractivity contribution < 1.29 is 22.8 Å². The maximum atomic E-state index is 13.0. The van der Waals surface area contributed by atoms with Crippen molar-refractivity contribution in [2.24, 2.45) is 5.92 Å². The van der Waals surface area contributed by atoms with Crippen molar-refractivity contribution in [2.45, 2.75) is 32.5 Å². The zero-order valence-electron chi connectivity index (χ0n) is 18.7. The second-order valence-electron chi connectivity index (χ2n) is 8.55. The van der Waals surface area contributed by atoms with Crippen molar-refractivity contribution in [2.75, 3.05) is 23.3 Å². The fraction of sp³-hybridized carbons (Fsp3) is 0.333. The second-order valence-corrected chi connectivity index (χ2v) is 8.55. The normalized spacial score (nSPS) is 16.2. The van der Waals surface area contributed by atoms with Gasteiger partial charge in [0.15, 0.2) is 0 Å². The number of nitrogens with zero attached hydrogens (tertiary/aromatic N) is 3. The van der Waals surface area contributed by atoms with Gasteiger partial charge in [-0.2, -0.15) is 13.2 Å². The average Bonchev–Trinajstić information content (AvgIpc) is 3.26. The summed E-state index contributed by atoms with van der Waals surface area (Å²) in [7, 11) is 0. The number of hydrogen-bond donors (Lipinski definition) is 2. The number of halogens is 3. The monoisotopic (exact) mass is 471 g/mol. The van der Waals surface area contributed by atoms with Gasteiger partial charge in [0.25, 0.3) is 5.91 Å². The first-order chi connectivity index (χ1) is 16.1. The van der Waals surface area contributed by atoms with Gasteiger partial charge >= 0.3 is 6.18 Å². The molecular formula is C24H24F3N5O2. The van der Waals surface area contributed by atoms with E-state index in [4.69, 9.17) is 0 Å². The number of alkyl halides is 3. The fourth-order valence-electron chi connectivity index (χ4n) is 3.72. The van der Waals surface area contributed by atoms with Crippen molar-refractivity contribution in [3.8, 4) is 0 Å². The van der Waals surface area contributed by atoms with Crippen LogP contribution >= 0.6 is 0 Å². The van der Waals surface area contributed by atoms with Gasteiger partial charge in [-0.25, -0.2) is 9.97 Å². The van der Waals surface area contributed by atoms with E-state index in [0.29, 0.717) is 42.1 Å². The van der Waals surface area contributed by atoms with E-state index in [1.165, 1.54) is 18.3 Å². The molecule has 1 fully saturated rings. The minimum atomic E-state index is -4.43. The summed E-state index contributed by atoms with van der Waals surface area (Å²) in [5, 5.41) is 6.26. The molecule has 0 spiro atoms. The first-order valence-electron chi connectivity index (χ1n) is 10.9. The third-order valence-corrected chi connectivity index (χ3v) is 5.65. The summed E-state index contributed by atoms with van der Waals surface area (Å²) < 4.78 is 39.1. The Hall–Kier alpha value is -3.69. The van der Waals surface area contributed by atoms with Crippen LogP contribution in [-0.2, 0) is 11.0 Å². The molecule has 34 heavy (non-hydrogen) atoms. The first kappa shape index (κ1) is 23.5. The van der Waals surface area contributed by atoms with Gasteiger partial charge in [0.05, 0.1) is 11.1 Å². The molecule has 2 aromatic heterocycles. The van der Waals surface area contributed by atoms with Crippen molar-refractivity contribution in [1.82, 2.24) is 15.3 Å². The summed E-state index contributed by atoms with van der Waals surface area (Å²) in [5.74, 6) is 0.161. The Kier molecular flexibility index (Phi) is 6.41. The molecule has 3 heterocycles. The number of anilines is 2. The van der Waals surface area contributed by atoms with Crippen molar-refractivity contribution in [3.05, 3.63) is 59.8 Å². The lowest BCUT2D eigenvalue weighted by molar-refractivity contribution is -0.137. The largest absolute Gasteiger partial charge is 0.416 e. The average molecular weight is 471 g/mol. The molecule has 1 aliphatic rings. The predicted octanol–water partition coefficient (Wildman–Crippen LogP) is 4.25. The number of amides is 2. The molecule has 2 N–H and O–H groups in total. The molecule has 0 bridgehead atoms. The Morgan fingerprint density at radius 3 is 2.62 bits per heavy atom. The molecule has 0 unspecified atom stereocenters. The molecule has 0 saturated carbocycles. The van der Waals surface area contributed by atoms with E-state index in [2.05, 4.69) is 20.6 Å². The molecule has 4 rings (SSSR count). The van der Waals surface area contributed by atoms with Gasteiger partial charge in [0.2, 0.25) is 5.91 Å². The first-order valence-corrected chi connectivity index (χ1v) is 10.9. The third-order valence-electron chi connectivity index (χ3n) is 5.65. The Bertz CT molecular complexity index is 1230. The van der Waals surface area contributed by atoms with Crippen molar-refractivity contribution >= 4 is 34.4 Å². The number of nitrogens with one attached hydrogen (secondary N) is 2. The number of pyridine rings is 2. The van der Waals surface area contributed by atoms with Gasteiger partial charge in [0, 0.05) is 42.2 Å². The van der Waals surface area contributed by atoms with Crippen molar-refractivity contribution in [1.29, 1.82) is 0 Å². The summed E-state index contributed by atoms with van der Waals surface area (Å²) in [6.07, 6.45) is -2.31. The van der Waals surface area contributed by atoms with E-state index in [9.17, 15) is 22.8 Å². The highest BCUT2D eigenvalue weighted by atomic mass is 19.4. The SMILES string of the molecule is CC(C)C(=O)Nc1cc(C(=O)N[C@@H]2CCN(c3ccc4ccc(C(F)(F)F)cc4n3)C2)ccn1. The number of benzene rings is 1. The van der Waals surface area contributed by atoms with Crippen LogP contribution < -0.4 is 15.5 Å². The lowest BCUT2D eigenvalue weighted by atomic mass is 10.1. The van der Waals surface area contributed by atoms with E-state index < -0.39 is 11.7 Å². The topological polar surface area (TPSA) is 87.2 Å². The Balaban J connectivity index is 1.42. The maximum Gasteiger partial charge on any atom is 0.416 e.